The first-order valence-electron chi connectivity index (χ1n) is 7.23. The molecule has 1 aromatic carbocycles. The minimum absolute atomic E-state index is 0. The fraction of sp³-hybridized carbons (Fsp3) is 0.375. The standard InChI is InChI=1S/C16H19N3OS.2ClH/c1-10-14(15(20)19-13(9-17)11-7-8-11)21-16(18-10)12-5-3-2-4-6-12;;/h2-6,11,13H,7-9,17H2,1H3,(H,19,20);2*1H. The van der Waals surface area contributed by atoms with Crippen LogP contribution in [0.25, 0.3) is 10.6 Å². The molecule has 1 fully saturated rings. The average Bonchev–Trinajstić information content (AvgIpc) is 3.27. The maximum absolute atomic E-state index is 12.4. The van der Waals surface area contributed by atoms with Crippen LogP contribution in [0.15, 0.2) is 30.3 Å². The molecule has 126 valence electrons. The molecule has 7 heteroatoms. The van der Waals surface area contributed by atoms with Crippen LogP contribution in [0.2, 0.25) is 0 Å². The normalized spacial score (nSPS) is 14.3. The van der Waals surface area contributed by atoms with E-state index < -0.39 is 0 Å². The van der Waals surface area contributed by atoms with Gasteiger partial charge in [0.05, 0.1) is 5.69 Å². The summed E-state index contributed by atoms with van der Waals surface area (Å²) in [4.78, 5) is 17.6. The summed E-state index contributed by atoms with van der Waals surface area (Å²) >= 11 is 1.44. The van der Waals surface area contributed by atoms with Crippen molar-refractivity contribution in [2.75, 3.05) is 6.54 Å². The molecule has 1 aliphatic carbocycles. The summed E-state index contributed by atoms with van der Waals surface area (Å²) in [5, 5.41) is 3.94. The number of nitrogens with two attached hydrogens (primary N) is 1. The van der Waals surface area contributed by atoms with E-state index in [0.29, 0.717) is 17.3 Å². The Kier molecular flexibility index (Phi) is 7.48. The molecule has 1 aliphatic rings. The van der Waals surface area contributed by atoms with E-state index in [-0.39, 0.29) is 36.8 Å². The fourth-order valence-corrected chi connectivity index (χ4v) is 3.39. The Morgan fingerprint density at radius 1 is 1.35 bits per heavy atom. The first-order valence-corrected chi connectivity index (χ1v) is 8.04. The van der Waals surface area contributed by atoms with Gasteiger partial charge in [-0.1, -0.05) is 30.3 Å². The topological polar surface area (TPSA) is 68.0 Å². The Balaban J connectivity index is 0.00000132. The molecule has 1 aromatic heterocycles. The third-order valence-corrected chi connectivity index (χ3v) is 4.99. The lowest BCUT2D eigenvalue weighted by atomic mass is 10.2. The molecule has 0 aliphatic heterocycles. The molecular weight excluding hydrogens is 353 g/mol. The first-order chi connectivity index (χ1) is 10.2. The Morgan fingerprint density at radius 3 is 2.57 bits per heavy atom. The summed E-state index contributed by atoms with van der Waals surface area (Å²) in [5.41, 5.74) is 7.57. The second-order valence-corrected chi connectivity index (χ2v) is 6.45. The Morgan fingerprint density at radius 2 is 2.00 bits per heavy atom. The number of amides is 1. The molecule has 0 spiro atoms. The van der Waals surface area contributed by atoms with Crippen LogP contribution in [-0.2, 0) is 0 Å². The molecule has 23 heavy (non-hydrogen) atoms. The van der Waals surface area contributed by atoms with E-state index in [0.717, 1.165) is 16.3 Å². The quantitative estimate of drug-likeness (QED) is 0.843. The van der Waals surface area contributed by atoms with Crippen LogP contribution in [0.4, 0.5) is 0 Å². The number of hydrogen-bond acceptors (Lipinski definition) is 4. The van der Waals surface area contributed by atoms with Gasteiger partial charge in [0.25, 0.3) is 5.91 Å². The minimum Gasteiger partial charge on any atom is -0.347 e. The predicted molar refractivity (Wildman–Crippen MR) is 99.8 cm³/mol. The van der Waals surface area contributed by atoms with Crippen LogP contribution in [0, 0.1) is 12.8 Å². The van der Waals surface area contributed by atoms with Gasteiger partial charge in [0.1, 0.15) is 9.88 Å². The van der Waals surface area contributed by atoms with Crippen molar-refractivity contribution >= 4 is 42.1 Å². The molecule has 0 saturated heterocycles. The Hall–Kier alpha value is -1.14. The second kappa shape index (κ2) is 8.64. The number of nitrogens with one attached hydrogen (secondary N) is 1. The van der Waals surface area contributed by atoms with Gasteiger partial charge in [0.2, 0.25) is 0 Å². The van der Waals surface area contributed by atoms with Gasteiger partial charge in [0, 0.05) is 18.2 Å². The third kappa shape index (κ3) is 4.67. The maximum Gasteiger partial charge on any atom is 0.263 e. The first kappa shape index (κ1) is 19.9. The molecule has 1 amide bonds. The van der Waals surface area contributed by atoms with Crippen molar-refractivity contribution in [1.29, 1.82) is 0 Å². The zero-order valence-corrected chi connectivity index (χ0v) is 15.3. The molecule has 3 rings (SSSR count). The van der Waals surface area contributed by atoms with Crippen LogP contribution >= 0.6 is 36.2 Å². The van der Waals surface area contributed by atoms with Gasteiger partial charge in [0.15, 0.2) is 0 Å². The maximum atomic E-state index is 12.4. The lowest BCUT2D eigenvalue weighted by Crippen LogP contribution is -2.41. The largest absolute Gasteiger partial charge is 0.347 e. The van der Waals surface area contributed by atoms with E-state index in [9.17, 15) is 4.79 Å². The van der Waals surface area contributed by atoms with E-state index in [1.54, 1.807) is 0 Å². The number of carbonyl (C=O) groups excluding carboxylic acids is 1. The van der Waals surface area contributed by atoms with Crippen LogP contribution < -0.4 is 11.1 Å². The fourth-order valence-electron chi connectivity index (χ4n) is 2.41. The molecular formula is C16H21Cl2N3OS. The van der Waals surface area contributed by atoms with Gasteiger partial charge in [-0.25, -0.2) is 4.98 Å². The van der Waals surface area contributed by atoms with Gasteiger partial charge in [-0.2, -0.15) is 0 Å². The van der Waals surface area contributed by atoms with Crippen molar-refractivity contribution in [1.82, 2.24) is 10.3 Å². The number of hydrogen-bond donors (Lipinski definition) is 2. The summed E-state index contributed by atoms with van der Waals surface area (Å²) in [6.07, 6.45) is 2.33. The monoisotopic (exact) mass is 373 g/mol. The highest BCUT2D eigenvalue weighted by molar-refractivity contribution is 7.17. The van der Waals surface area contributed by atoms with Crippen molar-refractivity contribution in [2.24, 2.45) is 11.7 Å². The SMILES string of the molecule is Cc1nc(-c2ccccc2)sc1C(=O)NC(CN)C1CC1.Cl.Cl. The van der Waals surface area contributed by atoms with Gasteiger partial charge >= 0.3 is 0 Å². The lowest BCUT2D eigenvalue weighted by Gasteiger charge is -2.15. The lowest BCUT2D eigenvalue weighted by molar-refractivity contribution is 0.0937. The van der Waals surface area contributed by atoms with Gasteiger partial charge in [-0.05, 0) is 25.7 Å². The van der Waals surface area contributed by atoms with E-state index >= 15 is 0 Å². The summed E-state index contributed by atoms with van der Waals surface area (Å²) < 4.78 is 0. The number of rotatable bonds is 5. The molecule has 3 N–H and O–H groups in total. The minimum atomic E-state index is -0.0467. The van der Waals surface area contributed by atoms with E-state index in [4.69, 9.17) is 5.73 Å². The molecule has 1 heterocycles. The van der Waals surface area contributed by atoms with Gasteiger partial charge in [-0.15, -0.1) is 36.2 Å². The summed E-state index contributed by atoms with van der Waals surface area (Å²) in [6.45, 7) is 2.38. The molecule has 2 aromatic rings. The van der Waals surface area contributed by atoms with E-state index in [2.05, 4.69) is 10.3 Å². The van der Waals surface area contributed by atoms with Crippen molar-refractivity contribution in [3.05, 3.63) is 40.9 Å². The van der Waals surface area contributed by atoms with Crippen LogP contribution in [0.5, 0.6) is 0 Å². The molecule has 1 saturated carbocycles. The smallest absolute Gasteiger partial charge is 0.263 e. The van der Waals surface area contributed by atoms with E-state index in [1.165, 1.54) is 24.2 Å². The highest BCUT2D eigenvalue weighted by Gasteiger charge is 2.32. The number of nitrogens with zero attached hydrogens (tertiary/aromatic N) is 1. The Labute approximate surface area is 152 Å². The highest BCUT2D eigenvalue weighted by Crippen LogP contribution is 2.33. The van der Waals surface area contributed by atoms with Crippen molar-refractivity contribution in [2.45, 2.75) is 25.8 Å². The van der Waals surface area contributed by atoms with Gasteiger partial charge in [-0.3, -0.25) is 4.79 Å². The van der Waals surface area contributed by atoms with Crippen LogP contribution in [0.1, 0.15) is 28.2 Å². The number of aryl methyl sites for hydroxylation is 1. The zero-order chi connectivity index (χ0) is 14.8. The number of thiazole rings is 1. The van der Waals surface area contributed by atoms with Crippen molar-refractivity contribution in [3.63, 3.8) is 0 Å². The molecule has 0 bridgehead atoms. The summed E-state index contributed by atoms with van der Waals surface area (Å²) in [6, 6.07) is 10.0. The van der Waals surface area contributed by atoms with Crippen molar-refractivity contribution in [3.8, 4) is 10.6 Å². The molecule has 0 radical (unpaired) electrons. The molecule has 1 unspecified atom stereocenters. The molecule has 1 atom stereocenters. The summed E-state index contributed by atoms with van der Waals surface area (Å²) in [5.74, 6) is 0.510. The number of benzene rings is 1. The summed E-state index contributed by atoms with van der Waals surface area (Å²) in [7, 11) is 0. The predicted octanol–water partition coefficient (Wildman–Crippen LogP) is 3.43. The zero-order valence-electron chi connectivity index (χ0n) is 12.8. The average molecular weight is 374 g/mol. The number of carbonyl (C=O) groups is 1. The van der Waals surface area contributed by atoms with E-state index in [1.807, 2.05) is 37.3 Å². The number of halogens is 2. The van der Waals surface area contributed by atoms with Gasteiger partial charge < -0.3 is 11.1 Å². The second-order valence-electron chi connectivity index (χ2n) is 5.45. The van der Waals surface area contributed by atoms with Crippen LogP contribution in [-0.4, -0.2) is 23.5 Å². The third-order valence-electron chi connectivity index (χ3n) is 3.79. The van der Waals surface area contributed by atoms with Crippen molar-refractivity contribution < 1.29 is 4.79 Å². The highest BCUT2D eigenvalue weighted by atomic mass is 35.5. The van der Waals surface area contributed by atoms with Crippen LogP contribution in [0.3, 0.4) is 0 Å². The Bertz CT molecular complexity index is 644. The number of aromatic nitrogens is 1. The molecule has 4 nitrogen and oxygen atoms in total.